The van der Waals surface area contributed by atoms with Crippen LogP contribution in [0.1, 0.15) is 11.1 Å². The van der Waals surface area contributed by atoms with E-state index in [-0.39, 0.29) is 6.10 Å². The van der Waals surface area contributed by atoms with Crippen LogP contribution in [0.4, 0.5) is 5.69 Å². The van der Waals surface area contributed by atoms with E-state index in [1.807, 2.05) is 24.3 Å². The van der Waals surface area contributed by atoms with Crippen LogP contribution in [-0.4, -0.2) is 24.4 Å². The Labute approximate surface area is 141 Å². The van der Waals surface area contributed by atoms with Crippen LogP contribution < -0.4 is 20.1 Å². The number of ether oxygens (including phenoxy) is 2. The van der Waals surface area contributed by atoms with Crippen molar-refractivity contribution < 1.29 is 9.47 Å². The third-order valence-electron chi connectivity index (χ3n) is 3.54. The van der Waals surface area contributed by atoms with Gasteiger partial charge in [-0.25, -0.2) is 0 Å². The second-order valence-electron chi connectivity index (χ2n) is 5.71. The van der Waals surface area contributed by atoms with Crippen molar-refractivity contribution in [1.29, 1.82) is 0 Å². The van der Waals surface area contributed by atoms with Gasteiger partial charge in [0.15, 0.2) is 16.6 Å². The molecule has 0 spiro atoms. The van der Waals surface area contributed by atoms with Gasteiger partial charge in [-0.15, -0.1) is 0 Å². The van der Waals surface area contributed by atoms with Gasteiger partial charge in [0.1, 0.15) is 12.7 Å². The van der Waals surface area contributed by atoms with Crippen molar-refractivity contribution in [2.24, 2.45) is 0 Å². The van der Waals surface area contributed by atoms with E-state index >= 15 is 0 Å². The number of nitrogens with one attached hydrogen (secondary N) is 2. The van der Waals surface area contributed by atoms with Crippen molar-refractivity contribution in [3.8, 4) is 11.5 Å². The monoisotopic (exact) mass is 328 g/mol. The average Bonchev–Trinajstić information content (AvgIpc) is 2.52. The van der Waals surface area contributed by atoms with Gasteiger partial charge >= 0.3 is 0 Å². The third kappa shape index (κ3) is 4.13. The molecule has 1 aliphatic rings. The summed E-state index contributed by atoms with van der Waals surface area (Å²) in [5.41, 5.74) is 3.40. The maximum Gasteiger partial charge on any atom is 0.170 e. The van der Waals surface area contributed by atoms with Crippen molar-refractivity contribution >= 4 is 23.0 Å². The molecule has 0 fully saturated rings. The van der Waals surface area contributed by atoms with Crippen molar-refractivity contribution in [3.05, 3.63) is 53.6 Å². The van der Waals surface area contributed by atoms with Crippen LogP contribution in [0.15, 0.2) is 42.5 Å². The molecular formula is C18H20N2O2S. The topological polar surface area (TPSA) is 42.5 Å². The van der Waals surface area contributed by atoms with E-state index in [1.54, 1.807) is 0 Å². The smallest absolute Gasteiger partial charge is 0.170 e. The highest BCUT2D eigenvalue weighted by Gasteiger charge is 2.20. The fourth-order valence-electron chi connectivity index (χ4n) is 2.59. The van der Waals surface area contributed by atoms with Crippen molar-refractivity contribution in [1.82, 2.24) is 5.32 Å². The normalized spacial score (nSPS) is 15.8. The summed E-state index contributed by atoms with van der Waals surface area (Å²) in [5, 5.41) is 6.97. The lowest BCUT2D eigenvalue weighted by atomic mass is 10.1. The Morgan fingerprint density at radius 3 is 2.57 bits per heavy atom. The summed E-state index contributed by atoms with van der Waals surface area (Å²) in [4.78, 5) is 0. The van der Waals surface area contributed by atoms with Gasteiger partial charge < -0.3 is 20.1 Å². The van der Waals surface area contributed by atoms with Gasteiger partial charge in [0.2, 0.25) is 0 Å². The molecule has 1 atom stereocenters. The second-order valence-corrected chi connectivity index (χ2v) is 6.12. The van der Waals surface area contributed by atoms with Gasteiger partial charge in [-0.05, 0) is 61.5 Å². The highest BCUT2D eigenvalue weighted by atomic mass is 32.1. The summed E-state index contributed by atoms with van der Waals surface area (Å²) in [5.74, 6) is 1.57. The molecule has 23 heavy (non-hydrogen) atoms. The number of aryl methyl sites for hydroxylation is 2. The van der Waals surface area contributed by atoms with Gasteiger partial charge in [0.05, 0.1) is 6.54 Å². The van der Waals surface area contributed by atoms with E-state index in [2.05, 4.69) is 42.7 Å². The van der Waals surface area contributed by atoms with Crippen LogP contribution in [0.25, 0.3) is 0 Å². The number of anilines is 1. The molecule has 2 N–H and O–H groups in total. The number of thiocarbonyl (C=S) groups is 1. The predicted molar refractivity (Wildman–Crippen MR) is 96.5 cm³/mol. The summed E-state index contributed by atoms with van der Waals surface area (Å²) in [6.45, 7) is 5.24. The van der Waals surface area contributed by atoms with Gasteiger partial charge in [-0.2, -0.15) is 0 Å². The van der Waals surface area contributed by atoms with Gasteiger partial charge in [-0.1, -0.05) is 18.2 Å². The molecule has 0 aromatic heterocycles. The molecule has 0 unspecified atom stereocenters. The Morgan fingerprint density at radius 2 is 1.83 bits per heavy atom. The number of benzene rings is 2. The standard InChI is InChI=1S/C18H20N2O2S/c1-12-7-13(2)9-14(8-12)20-18(23)19-10-15-11-21-16-5-3-4-6-17(16)22-15/h3-9,15H,10-11H2,1-2H3,(H2,19,20,23)/t15-/m0/s1. The van der Waals surface area contributed by atoms with Crippen molar-refractivity contribution in [2.75, 3.05) is 18.5 Å². The molecule has 0 aliphatic carbocycles. The number of para-hydroxylation sites is 2. The summed E-state index contributed by atoms with van der Waals surface area (Å²) in [7, 11) is 0. The van der Waals surface area contributed by atoms with Crippen LogP contribution in [0, 0.1) is 13.8 Å². The maximum atomic E-state index is 5.90. The summed E-state index contributed by atoms with van der Waals surface area (Å²) >= 11 is 5.35. The van der Waals surface area contributed by atoms with Crippen LogP contribution >= 0.6 is 12.2 Å². The Bertz CT molecular complexity index is 698. The summed E-state index contributed by atoms with van der Waals surface area (Å²) in [6, 6.07) is 14.0. The largest absolute Gasteiger partial charge is 0.486 e. The zero-order valence-electron chi connectivity index (χ0n) is 13.3. The SMILES string of the molecule is Cc1cc(C)cc(NC(=S)NC[C@H]2COc3ccccc3O2)c1. The first kappa shape index (κ1) is 15.6. The second kappa shape index (κ2) is 6.87. The fraction of sp³-hybridized carbons (Fsp3) is 0.278. The molecule has 4 nitrogen and oxygen atoms in total. The highest BCUT2D eigenvalue weighted by Crippen LogP contribution is 2.30. The molecule has 2 aromatic rings. The lowest BCUT2D eigenvalue weighted by Crippen LogP contribution is -2.42. The summed E-state index contributed by atoms with van der Waals surface area (Å²) < 4.78 is 11.6. The Hall–Kier alpha value is -2.27. The van der Waals surface area contributed by atoms with Crippen LogP contribution in [-0.2, 0) is 0 Å². The minimum absolute atomic E-state index is 0.0658. The minimum atomic E-state index is -0.0658. The molecular weight excluding hydrogens is 308 g/mol. The Balaban J connectivity index is 1.52. The number of fused-ring (bicyclic) bond motifs is 1. The van der Waals surface area contributed by atoms with Crippen LogP contribution in [0.3, 0.4) is 0 Å². The van der Waals surface area contributed by atoms with E-state index in [4.69, 9.17) is 21.7 Å². The predicted octanol–water partition coefficient (Wildman–Crippen LogP) is 3.43. The molecule has 0 radical (unpaired) electrons. The molecule has 5 heteroatoms. The Morgan fingerprint density at radius 1 is 1.13 bits per heavy atom. The van der Waals surface area contributed by atoms with Crippen molar-refractivity contribution in [3.63, 3.8) is 0 Å². The fourth-order valence-corrected chi connectivity index (χ4v) is 2.79. The first-order valence-corrected chi connectivity index (χ1v) is 8.02. The molecule has 0 bridgehead atoms. The van der Waals surface area contributed by atoms with E-state index < -0.39 is 0 Å². The molecule has 1 heterocycles. The van der Waals surface area contributed by atoms with E-state index in [0.717, 1.165) is 17.2 Å². The molecule has 0 saturated heterocycles. The zero-order valence-corrected chi connectivity index (χ0v) is 14.1. The van der Waals surface area contributed by atoms with E-state index in [9.17, 15) is 0 Å². The minimum Gasteiger partial charge on any atom is -0.486 e. The summed E-state index contributed by atoms with van der Waals surface area (Å²) in [6.07, 6.45) is -0.0658. The molecule has 120 valence electrons. The molecule has 0 saturated carbocycles. The molecule has 3 rings (SSSR count). The number of hydrogen-bond acceptors (Lipinski definition) is 3. The Kier molecular flexibility index (Phi) is 4.67. The van der Waals surface area contributed by atoms with Gasteiger partial charge in [-0.3, -0.25) is 0 Å². The lowest BCUT2D eigenvalue weighted by Gasteiger charge is -2.27. The van der Waals surface area contributed by atoms with Gasteiger partial charge in [0, 0.05) is 5.69 Å². The van der Waals surface area contributed by atoms with E-state index in [0.29, 0.717) is 18.3 Å². The van der Waals surface area contributed by atoms with Gasteiger partial charge in [0.25, 0.3) is 0 Å². The van der Waals surface area contributed by atoms with Crippen LogP contribution in [0.5, 0.6) is 11.5 Å². The van der Waals surface area contributed by atoms with Crippen molar-refractivity contribution in [2.45, 2.75) is 20.0 Å². The first-order valence-electron chi connectivity index (χ1n) is 7.62. The maximum absolute atomic E-state index is 5.90. The molecule has 1 aliphatic heterocycles. The number of hydrogen-bond donors (Lipinski definition) is 2. The third-order valence-corrected chi connectivity index (χ3v) is 3.78. The van der Waals surface area contributed by atoms with E-state index in [1.165, 1.54) is 11.1 Å². The highest BCUT2D eigenvalue weighted by molar-refractivity contribution is 7.80. The quantitative estimate of drug-likeness (QED) is 0.845. The first-order chi connectivity index (χ1) is 11.1. The molecule has 0 amide bonds. The zero-order chi connectivity index (χ0) is 16.2. The van der Waals surface area contributed by atoms with Crippen LogP contribution in [0.2, 0.25) is 0 Å². The number of rotatable bonds is 3. The average molecular weight is 328 g/mol. The lowest BCUT2D eigenvalue weighted by molar-refractivity contribution is 0.0939. The molecule has 2 aromatic carbocycles.